The number of aromatic nitrogens is 1. The average molecular weight is 268 g/mol. The number of nitrogens with zero attached hydrogens (tertiary/aromatic N) is 1. The van der Waals surface area contributed by atoms with Crippen molar-refractivity contribution >= 4 is 5.82 Å². The molecule has 1 aromatic carbocycles. The molecule has 0 radical (unpaired) electrons. The first kappa shape index (κ1) is 13.4. The number of benzene rings is 1. The third-order valence-electron chi connectivity index (χ3n) is 2.76. The Balaban J connectivity index is 2.28. The van der Waals surface area contributed by atoms with Gasteiger partial charge in [0.15, 0.2) is 17.5 Å². The van der Waals surface area contributed by atoms with Gasteiger partial charge < -0.3 is 10.8 Å². The highest BCUT2D eigenvalue weighted by molar-refractivity contribution is 5.39. The minimum atomic E-state index is -1.60. The summed E-state index contributed by atoms with van der Waals surface area (Å²) in [7, 11) is 0. The van der Waals surface area contributed by atoms with E-state index < -0.39 is 23.6 Å². The predicted octanol–water partition coefficient (Wildman–Crippen LogP) is 2.36. The lowest BCUT2D eigenvalue weighted by Gasteiger charge is -2.13. The molecule has 0 bridgehead atoms. The van der Waals surface area contributed by atoms with Crippen LogP contribution in [0.15, 0.2) is 30.5 Å². The molecule has 2 aromatic rings. The molecule has 6 heteroatoms. The van der Waals surface area contributed by atoms with Crippen LogP contribution in [0.3, 0.4) is 0 Å². The zero-order valence-electron chi connectivity index (χ0n) is 9.78. The molecule has 19 heavy (non-hydrogen) atoms. The SMILES string of the molecule is Nc1ncccc1CC(O)c1ccc(F)c(F)c1F. The fourth-order valence-electron chi connectivity index (χ4n) is 1.74. The molecule has 2 rings (SSSR count). The highest BCUT2D eigenvalue weighted by Gasteiger charge is 2.20. The van der Waals surface area contributed by atoms with E-state index in [9.17, 15) is 18.3 Å². The van der Waals surface area contributed by atoms with Gasteiger partial charge in [-0.1, -0.05) is 12.1 Å². The van der Waals surface area contributed by atoms with Crippen LogP contribution >= 0.6 is 0 Å². The number of nitrogens with two attached hydrogens (primary N) is 1. The molecule has 1 unspecified atom stereocenters. The Hall–Kier alpha value is -2.08. The summed E-state index contributed by atoms with van der Waals surface area (Å²) in [5, 5.41) is 9.88. The monoisotopic (exact) mass is 268 g/mol. The normalized spacial score (nSPS) is 12.4. The maximum absolute atomic E-state index is 13.5. The molecule has 1 atom stereocenters. The van der Waals surface area contributed by atoms with Crippen molar-refractivity contribution < 1.29 is 18.3 Å². The van der Waals surface area contributed by atoms with Crippen LogP contribution in [0, 0.1) is 17.5 Å². The molecule has 0 aliphatic heterocycles. The van der Waals surface area contributed by atoms with E-state index in [0.29, 0.717) is 5.56 Å². The van der Waals surface area contributed by atoms with Gasteiger partial charge in [-0.2, -0.15) is 0 Å². The van der Waals surface area contributed by atoms with Crippen molar-refractivity contribution in [3.8, 4) is 0 Å². The number of halogens is 3. The summed E-state index contributed by atoms with van der Waals surface area (Å²) >= 11 is 0. The Morgan fingerprint density at radius 1 is 1.16 bits per heavy atom. The van der Waals surface area contributed by atoms with Gasteiger partial charge in [-0.05, 0) is 17.7 Å². The Morgan fingerprint density at radius 2 is 1.89 bits per heavy atom. The molecule has 100 valence electrons. The van der Waals surface area contributed by atoms with Crippen LogP contribution < -0.4 is 5.73 Å². The number of hydrogen-bond donors (Lipinski definition) is 2. The molecule has 0 aliphatic rings. The number of rotatable bonds is 3. The van der Waals surface area contributed by atoms with Gasteiger partial charge in [-0.25, -0.2) is 18.2 Å². The summed E-state index contributed by atoms with van der Waals surface area (Å²) in [4.78, 5) is 3.82. The highest BCUT2D eigenvalue weighted by atomic mass is 19.2. The minimum absolute atomic E-state index is 0.0400. The van der Waals surface area contributed by atoms with Crippen LogP contribution in [0.4, 0.5) is 19.0 Å². The number of hydrogen-bond acceptors (Lipinski definition) is 3. The summed E-state index contributed by atoms with van der Waals surface area (Å²) in [6.07, 6.45) is 0.104. The second-order valence-electron chi connectivity index (χ2n) is 4.03. The van der Waals surface area contributed by atoms with Crippen molar-refractivity contribution in [1.29, 1.82) is 0 Å². The first-order chi connectivity index (χ1) is 9.00. The number of pyridine rings is 1. The first-order valence-electron chi connectivity index (χ1n) is 5.51. The van der Waals surface area contributed by atoms with Crippen LogP contribution in [0.1, 0.15) is 17.2 Å². The summed E-state index contributed by atoms with van der Waals surface area (Å²) < 4.78 is 39.4. The van der Waals surface area contributed by atoms with Crippen LogP contribution in [0.25, 0.3) is 0 Å². The van der Waals surface area contributed by atoms with Gasteiger partial charge >= 0.3 is 0 Å². The van der Waals surface area contributed by atoms with Gasteiger partial charge in [0.05, 0.1) is 6.10 Å². The van der Waals surface area contributed by atoms with Crippen molar-refractivity contribution in [1.82, 2.24) is 4.98 Å². The molecule has 0 fully saturated rings. The lowest BCUT2D eigenvalue weighted by Crippen LogP contribution is -2.09. The summed E-state index contributed by atoms with van der Waals surface area (Å²) in [5.41, 5.74) is 5.77. The maximum Gasteiger partial charge on any atom is 0.194 e. The van der Waals surface area contributed by atoms with Crippen molar-refractivity contribution in [2.24, 2.45) is 0 Å². The van der Waals surface area contributed by atoms with Crippen LogP contribution in [-0.4, -0.2) is 10.1 Å². The lowest BCUT2D eigenvalue weighted by molar-refractivity contribution is 0.172. The third kappa shape index (κ3) is 2.68. The van der Waals surface area contributed by atoms with E-state index in [1.807, 2.05) is 0 Å². The number of anilines is 1. The standard InChI is InChI=1S/C13H11F3N2O/c14-9-4-3-8(11(15)12(9)16)10(19)6-7-2-1-5-18-13(7)17/h1-5,10,19H,6H2,(H2,17,18). The lowest BCUT2D eigenvalue weighted by atomic mass is 10.0. The molecule has 3 nitrogen and oxygen atoms in total. The predicted molar refractivity (Wildman–Crippen MR) is 63.6 cm³/mol. The van der Waals surface area contributed by atoms with E-state index in [1.165, 1.54) is 6.20 Å². The molecule has 1 aromatic heterocycles. The molecule has 0 aliphatic carbocycles. The van der Waals surface area contributed by atoms with Crippen molar-refractivity contribution in [2.75, 3.05) is 5.73 Å². The van der Waals surface area contributed by atoms with Gasteiger partial charge in [-0.3, -0.25) is 0 Å². The van der Waals surface area contributed by atoms with Crippen molar-refractivity contribution in [2.45, 2.75) is 12.5 Å². The Labute approximate surface area is 107 Å². The van der Waals surface area contributed by atoms with E-state index in [1.54, 1.807) is 12.1 Å². The van der Waals surface area contributed by atoms with Gasteiger partial charge in [0.1, 0.15) is 5.82 Å². The first-order valence-corrected chi connectivity index (χ1v) is 5.51. The van der Waals surface area contributed by atoms with Crippen molar-refractivity contribution in [3.63, 3.8) is 0 Å². The van der Waals surface area contributed by atoms with E-state index in [-0.39, 0.29) is 17.8 Å². The van der Waals surface area contributed by atoms with Crippen LogP contribution in [0.5, 0.6) is 0 Å². The highest BCUT2D eigenvalue weighted by Crippen LogP contribution is 2.25. The van der Waals surface area contributed by atoms with E-state index in [0.717, 1.165) is 12.1 Å². The zero-order valence-corrected chi connectivity index (χ0v) is 9.78. The molecule has 1 heterocycles. The molecular weight excluding hydrogens is 257 g/mol. The van der Waals surface area contributed by atoms with Gasteiger partial charge in [-0.15, -0.1) is 0 Å². The summed E-state index contributed by atoms with van der Waals surface area (Å²) in [6, 6.07) is 5.00. The van der Waals surface area contributed by atoms with E-state index >= 15 is 0 Å². The fourth-order valence-corrected chi connectivity index (χ4v) is 1.74. The topological polar surface area (TPSA) is 59.1 Å². The van der Waals surface area contributed by atoms with Gasteiger partial charge in [0, 0.05) is 18.2 Å². The number of nitrogen functional groups attached to an aromatic ring is 1. The second-order valence-corrected chi connectivity index (χ2v) is 4.03. The fraction of sp³-hybridized carbons (Fsp3) is 0.154. The van der Waals surface area contributed by atoms with Crippen LogP contribution in [-0.2, 0) is 6.42 Å². The van der Waals surface area contributed by atoms with Crippen molar-refractivity contribution in [3.05, 3.63) is 59.0 Å². The third-order valence-corrected chi connectivity index (χ3v) is 2.76. The Kier molecular flexibility index (Phi) is 3.71. The maximum atomic E-state index is 13.5. The average Bonchev–Trinajstić information content (AvgIpc) is 2.39. The van der Waals surface area contributed by atoms with E-state index in [4.69, 9.17) is 5.73 Å². The zero-order chi connectivity index (χ0) is 14.0. The number of aliphatic hydroxyl groups is 1. The van der Waals surface area contributed by atoms with E-state index in [2.05, 4.69) is 4.98 Å². The second kappa shape index (κ2) is 5.27. The number of aliphatic hydroxyl groups excluding tert-OH is 1. The summed E-state index contributed by atoms with van der Waals surface area (Å²) in [6.45, 7) is 0. The molecule has 0 amide bonds. The quantitative estimate of drug-likeness (QED) is 0.840. The smallest absolute Gasteiger partial charge is 0.194 e. The van der Waals surface area contributed by atoms with Gasteiger partial charge in [0.2, 0.25) is 0 Å². The molecular formula is C13H11F3N2O. The Morgan fingerprint density at radius 3 is 2.58 bits per heavy atom. The van der Waals surface area contributed by atoms with Gasteiger partial charge in [0.25, 0.3) is 0 Å². The molecule has 0 spiro atoms. The molecule has 3 N–H and O–H groups in total. The molecule has 0 saturated carbocycles. The minimum Gasteiger partial charge on any atom is -0.388 e. The largest absolute Gasteiger partial charge is 0.388 e. The van der Waals surface area contributed by atoms with Crippen LogP contribution in [0.2, 0.25) is 0 Å². The molecule has 0 saturated heterocycles. The summed E-state index contributed by atoms with van der Waals surface area (Å²) in [5.74, 6) is -4.09. The Bertz CT molecular complexity index is 604.